The number of carbonyl (C=O) groups is 1. The van der Waals surface area contributed by atoms with Crippen molar-refractivity contribution in [3.8, 4) is 0 Å². The molecule has 0 radical (unpaired) electrons. The van der Waals surface area contributed by atoms with Crippen LogP contribution in [0, 0.1) is 13.8 Å². The molecule has 2 aromatic heterocycles. The third-order valence-electron chi connectivity index (χ3n) is 4.73. The molecule has 0 aliphatic carbocycles. The second kappa shape index (κ2) is 8.01. The number of nitrogens with one attached hydrogen (secondary N) is 2. The summed E-state index contributed by atoms with van der Waals surface area (Å²) in [4.78, 5) is 23.3. The molecule has 0 aliphatic rings. The third kappa shape index (κ3) is 4.27. The number of rotatable bonds is 5. The number of aromatic nitrogens is 2. The molecule has 0 atom stereocenters. The van der Waals surface area contributed by atoms with E-state index in [1.165, 1.54) is 22.9 Å². The predicted molar refractivity (Wildman–Crippen MR) is 120 cm³/mol. The maximum absolute atomic E-state index is 11.4. The van der Waals surface area contributed by atoms with Gasteiger partial charge in [0.15, 0.2) is 0 Å². The molecular formula is C23H22N4OS. The quantitative estimate of drug-likeness (QED) is 0.456. The summed E-state index contributed by atoms with van der Waals surface area (Å²) in [6, 6.07) is 17.9. The van der Waals surface area contributed by atoms with Crippen LogP contribution in [-0.4, -0.2) is 15.9 Å². The molecule has 29 heavy (non-hydrogen) atoms. The smallest absolute Gasteiger partial charge is 0.221 e. The number of hydrogen-bond acceptors (Lipinski definition) is 5. The van der Waals surface area contributed by atoms with Gasteiger partial charge in [-0.05, 0) is 43.2 Å². The minimum absolute atomic E-state index is 0.0963. The van der Waals surface area contributed by atoms with Crippen molar-refractivity contribution in [2.75, 3.05) is 10.6 Å². The Labute approximate surface area is 173 Å². The van der Waals surface area contributed by atoms with Gasteiger partial charge >= 0.3 is 0 Å². The van der Waals surface area contributed by atoms with Gasteiger partial charge in [-0.2, -0.15) is 0 Å². The van der Waals surface area contributed by atoms with Crippen LogP contribution in [0.4, 0.5) is 17.2 Å². The molecule has 0 saturated heterocycles. The molecule has 2 heterocycles. The fourth-order valence-electron chi connectivity index (χ4n) is 3.26. The van der Waals surface area contributed by atoms with Gasteiger partial charge in [-0.1, -0.05) is 36.4 Å². The van der Waals surface area contributed by atoms with Crippen molar-refractivity contribution in [3.63, 3.8) is 0 Å². The van der Waals surface area contributed by atoms with Crippen LogP contribution in [0.2, 0.25) is 0 Å². The lowest BCUT2D eigenvalue weighted by atomic mass is 10.1. The van der Waals surface area contributed by atoms with Crippen molar-refractivity contribution in [2.24, 2.45) is 0 Å². The molecule has 2 aromatic carbocycles. The second-order valence-corrected chi connectivity index (χ2v) is 8.20. The second-order valence-electron chi connectivity index (χ2n) is 7.00. The Balaban J connectivity index is 1.75. The van der Waals surface area contributed by atoms with Gasteiger partial charge < -0.3 is 10.6 Å². The van der Waals surface area contributed by atoms with E-state index >= 15 is 0 Å². The van der Waals surface area contributed by atoms with Crippen molar-refractivity contribution in [3.05, 3.63) is 76.4 Å². The minimum Gasteiger partial charge on any atom is -0.340 e. The highest BCUT2D eigenvalue weighted by atomic mass is 32.1. The Kier molecular flexibility index (Phi) is 5.27. The lowest BCUT2D eigenvalue weighted by Crippen LogP contribution is -2.06. The zero-order chi connectivity index (χ0) is 20.4. The average molecular weight is 403 g/mol. The average Bonchev–Trinajstić information content (AvgIpc) is 2.96. The highest BCUT2D eigenvalue weighted by Gasteiger charge is 2.15. The van der Waals surface area contributed by atoms with Gasteiger partial charge in [0.1, 0.15) is 16.5 Å². The number of nitrogens with zero attached hydrogens (tertiary/aromatic N) is 2. The van der Waals surface area contributed by atoms with E-state index in [1.54, 1.807) is 11.3 Å². The number of hydrogen-bond donors (Lipinski definition) is 2. The Bertz CT molecular complexity index is 1180. The van der Waals surface area contributed by atoms with Gasteiger partial charge in [0.2, 0.25) is 5.91 Å². The van der Waals surface area contributed by atoms with E-state index in [4.69, 9.17) is 9.97 Å². The largest absolute Gasteiger partial charge is 0.340 e. The van der Waals surface area contributed by atoms with E-state index in [0.717, 1.165) is 33.2 Å². The Morgan fingerprint density at radius 2 is 1.76 bits per heavy atom. The van der Waals surface area contributed by atoms with Crippen LogP contribution >= 0.6 is 11.3 Å². The summed E-state index contributed by atoms with van der Waals surface area (Å²) in [5, 5.41) is 7.31. The number of amides is 1. The number of fused-ring (bicyclic) bond motifs is 1. The van der Waals surface area contributed by atoms with Crippen molar-refractivity contribution in [1.29, 1.82) is 0 Å². The number of carbonyl (C=O) groups excluding carboxylic acids is 1. The van der Waals surface area contributed by atoms with Crippen molar-refractivity contribution >= 4 is 44.7 Å². The van der Waals surface area contributed by atoms with Gasteiger partial charge in [-0.3, -0.25) is 4.79 Å². The van der Waals surface area contributed by atoms with Gasteiger partial charge in [0.05, 0.1) is 5.39 Å². The lowest BCUT2D eigenvalue weighted by molar-refractivity contribution is -0.114. The first-order valence-corrected chi connectivity index (χ1v) is 10.3. The van der Waals surface area contributed by atoms with Crippen LogP contribution in [0.15, 0.2) is 54.6 Å². The first kappa shape index (κ1) is 19.1. The molecule has 5 nitrogen and oxygen atoms in total. The molecule has 0 unspecified atom stereocenters. The fourth-order valence-corrected chi connectivity index (χ4v) is 4.30. The van der Waals surface area contributed by atoms with Crippen LogP contribution in [0.25, 0.3) is 10.2 Å². The van der Waals surface area contributed by atoms with Gasteiger partial charge in [-0.15, -0.1) is 11.3 Å². The van der Waals surface area contributed by atoms with E-state index in [9.17, 15) is 4.79 Å². The summed E-state index contributed by atoms with van der Waals surface area (Å²) in [7, 11) is 0. The molecule has 146 valence electrons. The molecule has 1 amide bonds. The summed E-state index contributed by atoms with van der Waals surface area (Å²) in [5.74, 6) is 1.48. The van der Waals surface area contributed by atoms with Crippen LogP contribution < -0.4 is 10.6 Å². The van der Waals surface area contributed by atoms with Gasteiger partial charge in [-0.25, -0.2) is 9.97 Å². The topological polar surface area (TPSA) is 66.9 Å². The zero-order valence-corrected chi connectivity index (χ0v) is 17.4. The third-order valence-corrected chi connectivity index (χ3v) is 5.83. The molecule has 0 bridgehead atoms. The van der Waals surface area contributed by atoms with Crippen molar-refractivity contribution < 1.29 is 4.79 Å². The number of benzene rings is 2. The first-order valence-electron chi connectivity index (χ1n) is 9.45. The van der Waals surface area contributed by atoms with E-state index < -0.39 is 0 Å². The SMILES string of the molecule is CC(=O)Nc1cccc(Nc2nc(Cc3ccccc3)nc3sc(C)c(C)c23)c1. The molecule has 0 aliphatic heterocycles. The number of thiophene rings is 1. The van der Waals surface area contributed by atoms with Crippen LogP contribution in [-0.2, 0) is 11.2 Å². The normalized spacial score (nSPS) is 10.9. The summed E-state index contributed by atoms with van der Waals surface area (Å²) in [5.41, 5.74) is 3.98. The van der Waals surface area contributed by atoms with Gasteiger partial charge in [0, 0.05) is 29.6 Å². The molecule has 0 fully saturated rings. The molecule has 4 rings (SSSR count). The number of aryl methyl sites for hydroxylation is 2. The fraction of sp³-hybridized carbons (Fsp3) is 0.174. The Hall–Kier alpha value is -3.25. The lowest BCUT2D eigenvalue weighted by Gasteiger charge is -2.11. The summed E-state index contributed by atoms with van der Waals surface area (Å²) < 4.78 is 0. The van der Waals surface area contributed by atoms with Crippen LogP contribution in [0.3, 0.4) is 0 Å². The summed E-state index contributed by atoms with van der Waals surface area (Å²) >= 11 is 1.69. The maximum Gasteiger partial charge on any atom is 0.221 e. The summed E-state index contributed by atoms with van der Waals surface area (Å²) in [6.07, 6.45) is 0.674. The van der Waals surface area contributed by atoms with E-state index in [-0.39, 0.29) is 5.91 Å². The molecule has 6 heteroatoms. The van der Waals surface area contributed by atoms with Crippen LogP contribution in [0.1, 0.15) is 28.8 Å². The molecule has 0 saturated carbocycles. The monoisotopic (exact) mass is 402 g/mol. The Morgan fingerprint density at radius 1 is 1.00 bits per heavy atom. The van der Waals surface area contributed by atoms with Gasteiger partial charge in [0.25, 0.3) is 0 Å². The number of anilines is 3. The minimum atomic E-state index is -0.0963. The standard InChI is InChI=1S/C23H22N4OS/c1-14-15(2)29-23-21(14)22(25-19-11-7-10-18(13-19)24-16(3)28)26-20(27-23)12-17-8-5-4-6-9-17/h4-11,13H,12H2,1-3H3,(H,24,28)(H,25,26,27). The highest BCUT2D eigenvalue weighted by molar-refractivity contribution is 7.18. The van der Waals surface area contributed by atoms with E-state index in [2.05, 4.69) is 36.6 Å². The predicted octanol–water partition coefficient (Wildman–Crippen LogP) is 5.60. The van der Waals surface area contributed by atoms with Crippen LogP contribution in [0.5, 0.6) is 0 Å². The van der Waals surface area contributed by atoms with Crippen molar-refractivity contribution in [2.45, 2.75) is 27.2 Å². The Morgan fingerprint density at radius 3 is 2.52 bits per heavy atom. The van der Waals surface area contributed by atoms with E-state index in [0.29, 0.717) is 6.42 Å². The first-order chi connectivity index (χ1) is 14.0. The summed E-state index contributed by atoms with van der Waals surface area (Å²) in [6.45, 7) is 5.72. The van der Waals surface area contributed by atoms with E-state index in [1.807, 2.05) is 42.5 Å². The molecular weight excluding hydrogens is 380 g/mol. The molecule has 2 N–H and O–H groups in total. The van der Waals surface area contributed by atoms with Crippen molar-refractivity contribution in [1.82, 2.24) is 9.97 Å². The molecule has 4 aromatic rings. The zero-order valence-electron chi connectivity index (χ0n) is 16.6. The maximum atomic E-state index is 11.4. The highest BCUT2D eigenvalue weighted by Crippen LogP contribution is 2.35. The molecule has 0 spiro atoms.